The summed E-state index contributed by atoms with van der Waals surface area (Å²) in [6.07, 6.45) is 13.0. The largest absolute Gasteiger partial charge is 0.368 e. The van der Waals surface area contributed by atoms with E-state index in [4.69, 9.17) is 0 Å². The van der Waals surface area contributed by atoms with Gasteiger partial charge in [0.05, 0.1) is 0 Å². The molecule has 0 aromatic heterocycles. The molecule has 0 atom stereocenters. The average molecular weight is 430 g/mol. The molecule has 0 bridgehead atoms. The summed E-state index contributed by atoms with van der Waals surface area (Å²) in [7, 11) is 0. The number of hydrogen-bond donors (Lipinski definition) is 1. The summed E-state index contributed by atoms with van der Waals surface area (Å²) in [5.41, 5.74) is 2.02. The van der Waals surface area contributed by atoms with Crippen molar-refractivity contribution in [2.75, 3.05) is 36.4 Å². The molecule has 31 heavy (non-hydrogen) atoms. The first kappa shape index (κ1) is 25.2. The minimum absolute atomic E-state index is 0.103. The van der Waals surface area contributed by atoms with Gasteiger partial charge in [-0.1, -0.05) is 65.2 Å². The predicted octanol–water partition coefficient (Wildman–Crippen LogP) is 5.99. The van der Waals surface area contributed by atoms with Crippen LogP contribution in [0.3, 0.4) is 0 Å². The van der Waals surface area contributed by atoms with Gasteiger partial charge in [-0.25, -0.2) is 0 Å². The van der Waals surface area contributed by atoms with Crippen LogP contribution in [0.4, 0.5) is 11.4 Å². The minimum Gasteiger partial charge on any atom is -0.368 e. The van der Waals surface area contributed by atoms with E-state index in [1.807, 2.05) is 17.0 Å². The Kier molecular flexibility index (Phi) is 12.1. The number of anilines is 2. The molecule has 0 unspecified atom stereocenters. The summed E-state index contributed by atoms with van der Waals surface area (Å²) < 4.78 is 0. The first-order chi connectivity index (χ1) is 15.1. The molecule has 5 nitrogen and oxygen atoms in total. The lowest BCUT2D eigenvalue weighted by Crippen LogP contribution is -2.48. The van der Waals surface area contributed by atoms with Crippen LogP contribution in [0.1, 0.15) is 90.9 Å². The molecule has 1 aromatic rings. The van der Waals surface area contributed by atoms with E-state index in [0.717, 1.165) is 56.8 Å². The Morgan fingerprint density at radius 3 is 1.87 bits per heavy atom. The standard InChI is InChI=1S/C26H43N3O2/c1-3-5-7-9-11-13-25(30)27-23-15-17-24(18-16-23)28-19-21-29(22-20-28)26(31)14-12-10-8-6-4-2/h15-18H,3-14,19-22H2,1-2H3,(H,27,30). The van der Waals surface area contributed by atoms with E-state index in [-0.39, 0.29) is 5.91 Å². The van der Waals surface area contributed by atoms with Crippen LogP contribution in [-0.2, 0) is 9.59 Å². The summed E-state index contributed by atoms with van der Waals surface area (Å²) in [6, 6.07) is 8.11. The van der Waals surface area contributed by atoms with Gasteiger partial charge in [0.2, 0.25) is 11.8 Å². The molecule has 0 radical (unpaired) electrons. The van der Waals surface area contributed by atoms with Gasteiger partial charge in [-0.3, -0.25) is 9.59 Å². The normalized spacial score (nSPS) is 14.0. The van der Waals surface area contributed by atoms with Gasteiger partial charge in [-0.05, 0) is 37.1 Å². The first-order valence-corrected chi connectivity index (χ1v) is 12.6. The smallest absolute Gasteiger partial charge is 0.224 e. The van der Waals surface area contributed by atoms with E-state index < -0.39 is 0 Å². The number of carbonyl (C=O) groups is 2. The molecule has 0 saturated carbocycles. The number of rotatable bonds is 14. The molecular weight excluding hydrogens is 386 g/mol. The monoisotopic (exact) mass is 429 g/mol. The second-order valence-corrected chi connectivity index (χ2v) is 8.79. The SMILES string of the molecule is CCCCCCCC(=O)Nc1ccc(N2CCN(C(=O)CCCCCCC)CC2)cc1. The lowest BCUT2D eigenvalue weighted by molar-refractivity contribution is -0.131. The van der Waals surface area contributed by atoms with Crippen molar-refractivity contribution in [2.24, 2.45) is 0 Å². The van der Waals surface area contributed by atoms with Crippen LogP contribution < -0.4 is 10.2 Å². The van der Waals surface area contributed by atoms with Crippen molar-refractivity contribution in [1.29, 1.82) is 0 Å². The lowest BCUT2D eigenvalue weighted by atomic mass is 10.1. The van der Waals surface area contributed by atoms with Crippen molar-refractivity contribution in [3.05, 3.63) is 24.3 Å². The van der Waals surface area contributed by atoms with Gasteiger partial charge < -0.3 is 15.1 Å². The number of nitrogens with one attached hydrogen (secondary N) is 1. The molecule has 1 saturated heterocycles. The van der Waals surface area contributed by atoms with Crippen LogP contribution in [0.2, 0.25) is 0 Å². The molecule has 1 aromatic carbocycles. The Morgan fingerprint density at radius 1 is 0.742 bits per heavy atom. The molecule has 1 aliphatic heterocycles. The molecular formula is C26H43N3O2. The van der Waals surface area contributed by atoms with E-state index >= 15 is 0 Å². The second kappa shape index (κ2) is 14.9. The van der Waals surface area contributed by atoms with E-state index in [1.54, 1.807) is 0 Å². The number of nitrogens with zero attached hydrogens (tertiary/aromatic N) is 2. The molecule has 0 spiro atoms. The Bertz CT molecular complexity index is 637. The van der Waals surface area contributed by atoms with Crippen molar-refractivity contribution < 1.29 is 9.59 Å². The number of piperazine rings is 1. The third-order valence-electron chi connectivity index (χ3n) is 6.15. The van der Waals surface area contributed by atoms with E-state index in [0.29, 0.717) is 18.7 Å². The molecule has 1 aliphatic rings. The van der Waals surface area contributed by atoms with E-state index in [1.165, 1.54) is 44.9 Å². The highest BCUT2D eigenvalue weighted by Gasteiger charge is 2.20. The maximum atomic E-state index is 12.4. The van der Waals surface area contributed by atoms with Crippen molar-refractivity contribution in [2.45, 2.75) is 90.9 Å². The number of carbonyl (C=O) groups excluding carboxylic acids is 2. The zero-order chi connectivity index (χ0) is 22.3. The number of benzene rings is 1. The molecule has 2 rings (SSSR count). The van der Waals surface area contributed by atoms with Crippen LogP contribution in [0.25, 0.3) is 0 Å². The molecule has 0 aliphatic carbocycles. The van der Waals surface area contributed by atoms with Gasteiger partial charge in [-0.15, -0.1) is 0 Å². The Morgan fingerprint density at radius 2 is 1.29 bits per heavy atom. The van der Waals surface area contributed by atoms with Crippen LogP contribution in [0.15, 0.2) is 24.3 Å². The third-order valence-corrected chi connectivity index (χ3v) is 6.15. The van der Waals surface area contributed by atoms with Gasteiger partial charge >= 0.3 is 0 Å². The summed E-state index contributed by atoms with van der Waals surface area (Å²) in [4.78, 5) is 28.9. The maximum Gasteiger partial charge on any atom is 0.224 e. The number of amides is 2. The molecule has 174 valence electrons. The van der Waals surface area contributed by atoms with Crippen molar-refractivity contribution in [3.8, 4) is 0 Å². The first-order valence-electron chi connectivity index (χ1n) is 12.6. The molecule has 2 amide bonds. The number of hydrogen-bond acceptors (Lipinski definition) is 3. The highest BCUT2D eigenvalue weighted by molar-refractivity contribution is 5.90. The van der Waals surface area contributed by atoms with Crippen molar-refractivity contribution in [1.82, 2.24) is 4.90 Å². The summed E-state index contributed by atoms with van der Waals surface area (Å²) in [5, 5.41) is 3.01. The third kappa shape index (κ3) is 9.75. The van der Waals surface area contributed by atoms with Crippen LogP contribution in [-0.4, -0.2) is 42.9 Å². The van der Waals surface area contributed by atoms with Gasteiger partial charge in [0.25, 0.3) is 0 Å². The summed E-state index contributed by atoms with van der Waals surface area (Å²) in [5.74, 6) is 0.412. The Labute approximate surface area is 189 Å². The average Bonchev–Trinajstić information content (AvgIpc) is 2.79. The predicted molar refractivity (Wildman–Crippen MR) is 131 cm³/mol. The van der Waals surface area contributed by atoms with E-state index in [9.17, 15) is 9.59 Å². The van der Waals surface area contributed by atoms with Gasteiger partial charge in [0.1, 0.15) is 0 Å². The highest BCUT2D eigenvalue weighted by atomic mass is 16.2. The van der Waals surface area contributed by atoms with Crippen LogP contribution >= 0.6 is 0 Å². The van der Waals surface area contributed by atoms with Crippen molar-refractivity contribution >= 4 is 23.2 Å². The molecule has 5 heteroatoms. The van der Waals surface area contributed by atoms with Gasteiger partial charge in [0, 0.05) is 50.4 Å². The Hall–Kier alpha value is -2.04. The number of unbranched alkanes of at least 4 members (excludes halogenated alkanes) is 8. The minimum atomic E-state index is 0.103. The maximum absolute atomic E-state index is 12.4. The van der Waals surface area contributed by atoms with Crippen LogP contribution in [0.5, 0.6) is 0 Å². The quantitative estimate of drug-likeness (QED) is 0.369. The molecule has 1 N–H and O–H groups in total. The Balaban J connectivity index is 1.67. The van der Waals surface area contributed by atoms with Crippen molar-refractivity contribution in [3.63, 3.8) is 0 Å². The lowest BCUT2D eigenvalue weighted by Gasteiger charge is -2.36. The summed E-state index contributed by atoms with van der Waals surface area (Å²) >= 11 is 0. The molecule has 1 fully saturated rings. The molecule has 1 heterocycles. The topological polar surface area (TPSA) is 52.7 Å². The van der Waals surface area contributed by atoms with Gasteiger partial charge in [0.15, 0.2) is 0 Å². The fourth-order valence-corrected chi connectivity index (χ4v) is 4.12. The van der Waals surface area contributed by atoms with E-state index in [2.05, 4.69) is 36.2 Å². The second-order valence-electron chi connectivity index (χ2n) is 8.79. The fraction of sp³-hybridized carbons (Fsp3) is 0.692. The van der Waals surface area contributed by atoms with Gasteiger partial charge in [-0.2, -0.15) is 0 Å². The summed E-state index contributed by atoms with van der Waals surface area (Å²) in [6.45, 7) is 7.74. The zero-order valence-electron chi connectivity index (χ0n) is 19.8. The fourth-order valence-electron chi connectivity index (χ4n) is 4.12. The zero-order valence-corrected chi connectivity index (χ0v) is 19.8. The van der Waals surface area contributed by atoms with Crippen LogP contribution in [0, 0.1) is 0 Å². The highest BCUT2D eigenvalue weighted by Crippen LogP contribution is 2.20.